The molecule has 1 aliphatic rings. The Morgan fingerprint density at radius 1 is 0.951 bits per heavy atom. The van der Waals surface area contributed by atoms with E-state index in [0.29, 0.717) is 30.0 Å². The monoisotopic (exact) mass is 558 g/mol. The number of para-hydroxylation sites is 1. The van der Waals surface area contributed by atoms with Gasteiger partial charge in [0.2, 0.25) is 5.91 Å². The summed E-state index contributed by atoms with van der Waals surface area (Å²) in [6.07, 6.45) is 1.55. The standard InChI is InChI=1S/C32H34N2O7/c1-4-19-8-7-9-20(5-2)29(19)33-27(35)18-34-17-24(22-12-15-25-26(16-22)41-32(38)40-25)28(31(36)37)30(34)21-10-13-23(14-11-21)39-6-3/h7-16,24,28,30H,4-6,17-18H2,1-3H3,(H,33,35)(H,36,37)/t24-,28-,30+/m1/s1. The van der Waals surface area contributed by atoms with Gasteiger partial charge in [-0.2, -0.15) is 0 Å². The number of carboxylic acids is 1. The topological polar surface area (TPSA) is 122 Å². The molecule has 9 heteroatoms. The number of anilines is 1. The fourth-order valence-electron chi connectivity index (χ4n) is 5.94. The highest BCUT2D eigenvalue weighted by Crippen LogP contribution is 2.46. The molecule has 2 heterocycles. The summed E-state index contributed by atoms with van der Waals surface area (Å²) in [6.45, 7) is 6.83. The van der Waals surface area contributed by atoms with Crippen molar-refractivity contribution in [3.63, 3.8) is 0 Å². The van der Waals surface area contributed by atoms with Crippen molar-refractivity contribution in [2.45, 2.75) is 45.6 Å². The van der Waals surface area contributed by atoms with E-state index < -0.39 is 29.7 Å². The van der Waals surface area contributed by atoms with Crippen molar-refractivity contribution in [3.05, 3.63) is 93.5 Å². The lowest BCUT2D eigenvalue weighted by Crippen LogP contribution is -2.35. The molecule has 2 N–H and O–H groups in total. The zero-order valence-electron chi connectivity index (χ0n) is 23.4. The Bertz CT molecular complexity index is 1580. The van der Waals surface area contributed by atoms with Gasteiger partial charge >= 0.3 is 11.8 Å². The molecule has 3 atom stereocenters. The van der Waals surface area contributed by atoms with Crippen LogP contribution in [-0.2, 0) is 22.4 Å². The molecule has 41 heavy (non-hydrogen) atoms. The Hall–Kier alpha value is -4.37. The third-order valence-electron chi connectivity index (χ3n) is 7.81. The van der Waals surface area contributed by atoms with Gasteiger partial charge in [-0.1, -0.05) is 50.2 Å². The highest BCUT2D eigenvalue weighted by Gasteiger charge is 2.48. The molecular weight excluding hydrogens is 524 g/mol. The number of hydrogen-bond donors (Lipinski definition) is 2. The average molecular weight is 559 g/mol. The number of aliphatic carboxylic acids is 1. The van der Waals surface area contributed by atoms with Crippen molar-refractivity contribution in [2.24, 2.45) is 5.92 Å². The summed E-state index contributed by atoms with van der Waals surface area (Å²) in [5, 5.41) is 13.6. The number of fused-ring (bicyclic) bond motifs is 1. The predicted molar refractivity (Wildman–Crippen MR) is 154 cm³/mol. The lowest BCUT2D eigenvalue weighted by molar-refractivity contribution is -0.143. The summed E-state index contributed by atoms with van der Waals surface area (Å²) in [4.78, 5) is 39.9. The second kappa shape index (κ2) is 12.0. The molecule has 0 bridgehead atoms. The molecule has 1 aliphatic heterocycles. The third-order valence-corrected chi connectivity index (χ3v) is 7.81. The SMILES string of the molecule is CCOc1ccc([C@H]2[C@H](C(=O)O)[C@@H](c3ccc4oc(=O)oc4c3)CN2CC(=O)Nc2c(CC)cccc2CC)cc1. The van der Waals surface area contributed by atoms with Gasteiger partial charge in [0.1, 0.15) is 5.75 Å². The van der Waals surface area contributed by atoms with E-state index in [1.165, 1.54) is 0 Å². The van der Waals surface area contributed by atoms with Gasteiger partial charge in [-0.25, -0.2) is 4.79 Å². The zero-order valence-corrected chi connectivity index (χ0v) is 23.4. The van der Waals surface area contributed by atoms with E-state index in [-0.39, 0.29) is 18.0 Å². The quantitative estimate of drug-likeness (QED) is 0.266. The molecule has 1 amide bonds. The average Bonchev–Trinajstić information content (AvgIpc) is 3.53. The summed E-state index contributed by atoms with van der Waals surface area (Å²) < 4.78 is 15.8. The summed E-state index contributed by atoms with van der Waals surface area (Å²) in [6, 6.07) is 17.8. The first kappa shape index (κ1) is 28.2. The second-order valence-corrected chi connectivity index (χ2v) is 10.2. The molecule has 1 fully saturated rings. The Labute approximate surface area is 237 Å². The lowest BCUT2D eigenvalue weighted by atomic mass is 9.83. The molecule has 0 radical (unpaired) electrons. The van der Waals surface area contributed by atoms with Crippen LogP contribution in [0.1, 0.15) is 55.0 Å². The van der Waals surface area contributed by atoms with Crippen LogP contribution in [0.15, 0.2) is 74.3 Å². The Balaban J connectivity index is 1.51. The number of benzene rings is 3. The van der Waals surface area contributed by atoms with E-state index in [0.717, 1.165) is 35.2 Å². The van der Waals surface area contributed by atoms with E-state index >= 15 is 0 Å². The minimum atomic E-state index is -0.977. The van der Waals surface area contributed by atoms with E-state index in [1.807, 2.05) is 68.1 Å². The number of hydrogen-bond acceptors (Lipinski definition) is 7. The minimum absolute atomic E-state index is 0.00238. The first-order chi connectivity index (χ1) is 19.8. The molecule has 9 nitrogen and oxygen atoms in total. The molecule has 0 saturated carbocycles. The molecule has 4 aromatic rings. The molecule has 0 aliphatic carbocycles. The maximum Gasteiger partial charge on any atom is 0.519 e. The van der Waals surface area contributed by atoms with Crippen LogP contribution in [0.2, 0.25) is 0 Å². The smallest absolute Gasteiger partial charge is 0.494 e. The van der Waals surface area contributed by atoms with Crippen molar-refractivity contribution in [1.29, 1.82) is 0 Å². The molecule has 0 spiro atoms. The number of carbonyl (C=O) groups excluding carboxylic acids is 1. The lowest BCUT2D eigenvalue weighted by Gasteiger charge is -2.27. The molecular formula is C32H34N2O7. The number of nitrogens with one attached hydrogen (secondary N) is 1. The maximum absolute atomic E-state index is 13.5. The van der Waals surface area contributed by atoms with Crippen LogP contribution in [0.4, 0.5) is 5.69 Å². The van der Waals surface area contributed by atoms with Crippen LogP contribution >= 0.6 is 0 Å². The van der Waals surface area contributed by atoms with Gasteiger partial charge in [0.05, 0.1) is 19.1 Å². The Kier molecular flexibility index (Phi) is 8.26. The summed E-state index contributed by atoms with van der Waals surface area (Å²) in [5.74, 6) is -2.66. The number of nitrogens with zero attached hydrogens (tertiary/aromatic N) is 1. The molecule has 3 aromatic carbocycles. The van der Waals surface area contributed by atoms with Crippen molar-refractivity contribution in [2.75, 3.05) is 25.0 Å². The van der Waals surface area contributed by atoms with Gasteiger partial charge < -0.3 is 24.0 Å². The summed E-state index contributed by atoms with van der Waals surface area (Å²) in [7, 11) is 0. The van der Waals surface area contributed by atoms with Crippen LogP contribution in [0, 0.1) is 5.92 Å². The highest BCUT2D eigenvalue weighted by molar-refractivity contribution is 5.94. The van der Waals surface area contributed by atoms with Crippen molar-refractivity contribution in [3.8, 4) is 5.75 Å². The number of amides is 1. The van der Waals surface area contributed by atoms with Gasteiger partial charge in [0.25, 0.3) is 0 Å². The first-order valence-electron chi connectivity index (χ1n) is 14.0. The molecule has 0 unspecified atom stereocenters. The summed E-state index contributed by atoms with van der Waals surface area (Å²) in [5.41, 5.74) is 4.95. The van der Waals surface area contributed by atoms with Crippen LogP contribution in [-0.4, -0.2) is 41.6 Å². The fraction of sp³-hybridized carbons (Fsp3) is 0.344. The second-order valence-electron chi connectivity index (χ2n) is 10.2. The third kappa shape index (κ3) is 5.76. The molecule has 1 aromatic heterocycles. The van der Waals surface area contributed by atoms with E-state index in [2.05, 4.69) is 5.32 Å². The number of rotatable bonds is 10. The van der Waals surface area contributed by atoms with Crippen LogP contribution in [0.25, 0.3) is 11.2 Å². The van der Waals surface area contributed by atoms with Gasteiger partial charge in [-0.15, -0.1) is 0 Å². The number of aryl methyl sites for hydroxylation is 2. The number of likely N-dealkylation sites (tertiary alicyclic amines) is 1. The zero-order chi connectivity index (χ0) is 29.1. The Morgan fingerprint density at radius 3 is 2.24 bits per heavy atom. The van der Waals surface area contributed by atoms with E-state index in [4.69, 9.17) is 13.6 Å². The minimum Gasteiger partial charge on any atom is -0.494 e. The van der Waals surface area contributed by atoms with Gasteiger partial charge in [-0.3, -0.25) is 14.5 Å². The van der Waals surface area contributed by atoms with Crippen LogP contribution < -0.4 is 15.9 Å². The maximum atomic E-state index is 13.5. The van der Waals surface area contributed by atoms with Crippen LogP contribution in [0.5, 0.6) is 5.75 Å². The highest BCUT2D eigenvalue weighted by atomic mass is 16.6. The first-order valence-corrected chi connectivity index (χ1v) is 14.0. The van der Waals surface area contributed by atoms with Gasteiger partial charge in [0, 0.05) is 24.2 Å². The molecule has 5 rings (SSSR count). The fourth-order valence-corrected chi connectivity index (χ4v) is 5.94. The van der Waals surface area contributed by atoms with E-state index in [9.17, 15) is 19.5 Å². The van der Waals surface area contributed by atoms with Crippen molar-refractivity contribution >= 4 is 28.7 Å². The predicted octanol–water partition coefficient (Wildman–Crippen LogP) is 5.39. The number of carbonyl (C=O) groups is 2. The van der Waals surface area contributed by atoms with Crippen LogP contribution in [0.3, 0.4) is 0 Å². The normalized spacial score (nSPS) is 19.0. The number of ether oxygens (including phenoxy) is 1. The summed E-state index contributed by atoms with van der Waals surface area (Å²) >= 11 is 0. The molecule has 1 saturated heterocycles. The number of carboxylic acid groups (broad SMARTS) is 1. The molecule has 214 valence electrons. The Morgan fingerprint density at radius 2 is 1.61 bits per heavy atom. The largest absolute Gasteiger partial charge is 0.519 e. The van der Waals surface area contributed by atoms with Crippen molar-refractivity contribution in [1.82, 2.24) is 4.90 Å². The van der Waals surface area contributed by atoms with Gasteiger partial charge in [-0.05, 0) is 66.3 Å². The van der Waals surface area contributed by atoms with Crippen molar-refractivity contribution < 1.29 is 28.3 Å². The van der Waals surface area contributed by atoms with E-state index in [1.54, 1.807) is 18.2 Å². The van der Waals surface area contributed by atoms with Gasteiger partial charge in [0.15, 0.2) is 11.2 Å².